The van der Waals surface area contributed by atoms with E-state index in [0.717, 1.165) is 16.5 Å². The van der Waals surface area contributed by atoms with Gasteiger partial charge in [0.1, 0.15) is 18.1 Å². The fourth-order valence-corrected chi connectivity index (χ4v) is 4.52. The van der Waals surface area contributed by atoms with Gasteiger partial charge in [-0.3, -0.25) is 14.4 Å². The maximum absolute atomic E-state index is 13.1. The number of carboxylic acids is 1. The molecule has 1 aromatic heterocycles. The molecule has 0 bridgehead atoms. The quantitative estimate of drug-likeness (QED) is 0.196. The molecule has 36 heavy (non-hydrogen) atoms. The molecular weight excluding hydrogens is 502 g/mol. The number of aromatic nitrogens is 1. The second-order valence-electron chi connectivity index (χ2n) is 8.44. The molecule has 1 heterocycles. The van der Waals surface area contributed by atoms with Crippen LogP contribution in [0.15, 0.2) is 30.5 Å². The zero-order chi connectivity index (χ0) is 26.7. The van der Waals surface area contributed by atoms with Crippen LogP contribution in [-0.2, 0) is 25.6 Å². The molecular formula is C24H35N5O5S2. The highest BCUT2D eigenvalue weighted by Crippen LogP contribution is 2.19. The van der Waals surface area contributed by atoms with E-state index in [9.17, 15) is 24.3 Å². The smallest absolute Gasteiger partial charge is 0.326 e. The number of H-pyrrole nitrogens is 1. The number of carbonyl (C=O) groups is 4. The molecule has 3 amide bonds. The van der Waals surface area contributed by atoms with Crippen LogP contribution in [0.25, 0.3) is 10.9 Å². The number of hydrogen-bond acceptors (Lipinski definition) is 7. The Kier molecular flexibility index (Phi) is 12.1. The van der Waals surface area contributed by atoms with Crippen molar-refractivity contribution in [3.63, 3.8) is 0 Å². The largest absolute Gasteiger partial charge is 0.480 e. The van der Waals surface area contributed by atoms with Crippen molar-refractivity contribution >= 4 is 58.1 Å². The first-order chi connectivity index (χ1) is 17.2. The molecule has 0 spiro atoms. The molecule has 0 saturated heterocycles. The Balaban J connectivity index is 2.15. The van der Waals surface area contributed by atoms with Crippen LogP contribution in [0.1, 0.15) is 25.3 Å². The number of hydrogen-bond donors (Lipinski definition) is 6. The van der Waals surface area contributed by atoms with Crippen LogP contribution < -0.4 is 21.7 Å². The molecule has 0 radical (unpaired) electrons. The standard InChI is InChI=1S/C24H35N5O5S2/c1-14(25)21(30)27-18(8-10-35-2)22(31)28-19(9-11-36-3)23(32)29-20(24(33)34)12-15-13-26-17-7-5-4-6-16(15)17/h4-7,13-14,18-20,26H,8-12,25H2,1-3H3,(H,27,30)(H,28,31)(H,29,32)(H,33,34). The lowest BCUT2D eigenvalue weighted by molar-refractivity contribution is -0.142. The first kappa shape index (κ1) is 29.5. The molecule has 0 saturated carbocycles. The maximum atomic E-state index is 13.1. The summed E-state index contributed by atoms with van der Waals surface area (Å²) in [6.45, 7) is 1.52. The molecule has 12 heteroatoms. The maximum Gasteiger partial charge on any atom is 0.326 e. The monoisotopic (exact) mass is 537 g/mol. The summed E-state index contributed by atoms with van der Waals surface area (Å²) in [5, 5.41) is 18.6. The molecule has 0 aliphatic carbocycles. The Hall–Kier alpha value is -2.70. The fourth-order valence-electron chi connectivity index (χ4n) is 3.58. The van der Waals surface area contributed by atoms with Gasteiger partial charge in [-0.15, -0.1) is 0 Å². The number of aromatic amines is 1. The zero-order valence-electron chi connectivity index (χ0n) is 20.7. The summed E-state index contributed by atoms with van der Waals surface area (Å²) >= 11 is 3.02. The van der Waals surface area contributed by atoms with E-state index < -0.39 is 47.9 Å². The van der Waals surface area contributed by atoms with Gasteiger partial charge in [-0.25, -0.2) is 4.79 Å². The number of carboxylic acid groups (broad SMARTS) is 1. The van der Waals surface area contributed by atoms with E-state index in [1.54, 1.807) is 6.20 Å². The Morgan fingerprint density at radius 2 is 1.44 bits per heavy atom. The number of nitrogens with one attached hydrogen (secondary N) is 4. The lowest BCUT2D eigenvalue weighted by Gasteiger charge is -2.25. The van der Waals surface area contributed by atoms with Crippen molar-refractivity contribution < 1.29 is 24.3 Å². The molecule has 4 unspecified atom stereocenters. The van der Waals surface area contributed by atoms with Gasteiger partial charge in [0, 0.05) is 23.5 Å². The number of fused-ring (bicyclic) bond motifs is 1. The van der Waals surface area contributed by atoms with Gasteiger partial charge in [-0.2, -0.15) is 23.5 Å². The predicted octanol–water partition coefficient (Wildman–Crippen LogP) is 1.10. The van der Waals surface area contributed by atoms with Crippen LogP contribution in [-0.4, -0.2) is 82.0 Å². The first-order valence-electron chi connectivity index (χ1n) is 11.6. The van der Waals surface area contributed by atoms with Gasteiger partial charge in [-0.05, 0) is 55.4 Å². The van der Waals surface area contributed by atoms with E-state index in [1.165, 1.54) is 30.4 Å². The van der Waals surface area contributed by atoms with Gasteiger partial charge >= 0.3 is 5.97 Å². The Labute approximate surface area is 219 Å². The van der Waals surface area contributed by atoms with Crippen LogP contribution in [0.5, 0.6) is 0 Å². The fraction of sp³-hybridized carbons (Fsp3) is 0.500. The van der Waals surface area contributed by atoms with Crippen LogP contribution in [0.3, 0.4) is 0 Å². The van der Waals surface area contributed by atoms with Crippen molar-refractivity contribution in [2.45, 2.75) is 50.4 Å². The van der Waals surface area contributed by atoms with Gasteiger partial charge in [0.25, 0.3) is 0 Å². The third-order valence-corrected chi connectivity index (χ3v) is 6.90. The SMILES string of the molecule is CSCCC(NC(=O)C(C)N)C(=O)NC(CCSC)C(=O)NC(Cc1c[nH]c2ccccc12)C(=O)O. The van der Waals surface area contributed by atoms with Crippen LogP contribution in [0, 0.1) is 0 Å². The topological polar surface area (TPSA) is 166 Å². The molecule has 7 N–H and O–H groups in total. The summed E-state index contributed by atoms with van der Waals surface area (Å²) < 4.78 is 0. The van der Waals surface area contributed by atoms with Gasteiger partial charge in [0.2, 0.25) is 17.7 Å². The van der Waals surface area contributed by atoms with Crippen molar-refractivity contribution in [1.82, 2.24) is 20.9 Å². The lowest BCUT2D eigenvalue weighted by atomic mass is 10.0. The van der Waals surface area contributed by atoms with Crippen molar-refractivity contribution in [1.29, 1.82) is 0 Å². The van der Waals surface area contributed by atoms with E-state index in [0.29, 0.717) is 24.3 Å². The van der Waals surface area contributed by atoms with Gasteiger partial charge in [0.05, 0.1) is 6.04 Å². The van der Waals surface area contributed by atoms with Gasteiger partial charge in [-0.1, -0.05) is 18.2 Å². The molecule has 1 aromatic carbocycles. The Bertz CT molecular complexity index is 1040. The lowest BCUT2D eigenvalue weighted by Crippen LogP contribution is -2.57. The number of aliphatic carboxylic acids is 1. The second-order valence-corrected chi connectivity index (χ2v) is 10.4. The van der Waals surface area contributed by atoms with E-state index in [1.807, 2.05) is 36.8 Å². The number of thioether (sulfide) groups is 2. The summed E-state index contributed by atoms with van der Waals surface area (Å²) in [6.07, 6.45) is 6.23. The van der Waals surface area contributed by atoms with Crippen molar-refractivity contribution in [2.24, 2.45) is 5.73 Å². The van der Waals surface area contributed by atoms with Gasteiger partial charge < -0.3 is 31.8 Å². The molecule has 4 atom stereocenters. The molecule has 0 aliphatic rings. The third kappa shape index (κ3) is 8.75. The van der Waals surface area contributed by atoms with E-state index >= 15 is 0 Å². The number of amides is 3. The average molecular weight is 538 g/mol. The highest BCUT2D eigenvalue weighted by atomic mass is 32.2. The highest BCUT2D eigenvalue weighted by molar-refractivity contribution is 7.98. The normalized spacial score (nSPS) is 14.4. The predicted molar refractivity (Wildman–Crippen MR) is 145 cm³/mol. The number of para-hydroxylation sites is 1. The van der Waals surface area contributed by atoms with Gasteiger partial charge in [0.15, 0.2) is 0 Å². The van der Waals surface area contributed by atoms with Crippen LogP contribution >= 0.6 is 23.5 Å². The molecule has 198 valence electrons. The molecule has 2 rings (SSSR count). The molecule has 2 aromatic rings. The van der Waals surface area contributed by atoms with Crippen LogP contribution in [0.2, 0.25) is 0 Å². The minimum absolute atomic E-state index is 0.0784. The van der Waals surface area contributed by atoms with E-state index in [2.05, 4.69) is 20.9 Å². The molecule has 0 aliphatic heterocycles. The Morgan fingerprint density at radius 1 is 0.917 bits per heavy atom. The third-order valence-electron chi connectivity index (χ3n) is 5.61. The second kappa shape index (κ2) is 14.8. The number of rotatable bonds is 15. The van der Waals surface area contributed by atoms with Crippen molar-refractivity contribution in [3.05, 3.63) is 36.0 Å². The number of benzene rings is 1. The molecule has 10 nitrogen and oxygen atoms in total. The molecule has 0 fully saturated rings. The summed E-state index contributed by atoms with van der Waals surface area (Å²) in [5.41, 5.74) is 7.26. The van der Waals surface area contributed by atoms with Crippen LogP contribution in [0.4, 0.5) is 0 Å². The minimum Gasteiger partial charge on any atom is -0.480 e. The summed E-state index contributed by atoms with van der Waals surface area (Å²) in [6, 6.07) is 3.72. The number of carbonyl (C=O) groups excluding carboxylic acids is 3. The van der Waals surface area contributed by atoms with E-state index in [-0.39, 0.29) is 6.42 Å². The zero-order valence-corrected chi connectivity index (χ0v) is 22.3. The van der Waals surface area contributed by atoms with Crippen molar-refractivity contribution in [3.8, 4) is 0 Å². The summed E-state index contributed by atoms with van der Waals surface area (Å²) in [4.78, 5) is 53.4. The summed E-state index contributed by atoms with van der Waals surface area (Å²) in [5.74, 6) is -1.56. The van der Waals surface area contributed by atoms with E-state index in [4.69, 9.17) is 5.73 Å². The van der Waals surface area contributed by atoms with Crippen molar-refractivity contribution in [2.75, 3.05) is 24.0 Å². The minimum atomic E-state index is -1.18. The first-order valence-corrected chi connectivity index (χ1v) is 14.4. The average Bonchev–Trinajstić information content (AvgIpc) is 3.26. The number of nitrogens with two attached hydrogens (primary N) is 1. The summed E-state index contributed by atoms with van der Waals surface area (Å²) in [7, 11) is 0. The highest BCUT2D eigenvalue weighted by Gasteiger charge is 2.30. The Morgan fingerprint density at radius 3 is 1.97 bits per heavy atom.